The van der Waals surface area contributed by atoms with Crippen LogP contribution in [0.15, 0.2) is 18.2 Å². The van der Waals surface area contributed by atoms with Crippen LogP contribution in [0.25, 0.3) is 0 Å². The second-order valence-corrected chi connectivity index (χ2v) is 5.53. The SMILES string of the molecule is Cc1cc(C(=O)NC2(CC(=O)O)CCC2)ccc1Cl. The van der Waals surface area contributed by atoms with E-state index in [0.717, 1.165) is 24.8 Å². The predicted molar refractivity (Wildman–Crippen MR) is 72.5 cm³/mol. The van der Waals surface area contributed by atoms with E-state index in [4.69, 9.17) is 16.7 Å². The molecule has 2 rings (SSSR count). The molecule has 0 aliphatic heterocycles. The van der Waals surface area contributed by atoms with Gasteiger partial charge in [-0.05, 0) is 49.9 Å². The molecule has 0 heterocycles. The van der Waals surface area contributed by atoms with E-state index in [0.29, 0.717) is 10.6 Å². The average molecular weight is 282 g/mol. The van der Waals surface area contributed by atoms with Crippen LogP contribution in [0.4, 0.5) is 0 Å². The number of carbonyl (C=O) groups excluding carboxylic acids is 1. The Morgan fingerprint density at radius 2 is 2.11 bits per heavy atom. The lowest BCUT2D eigenvalue weighted by atomic mass is 9.74. The number of aryl methyl sites for hydroxylation is 1. The lowest BCUT2D eigenvalue weighted by Gasteiger charge is -2.41. The number of benzene rings is 1. The number of hydrogen-bond donors (Lipinski definition) is 2. The molecule has 0 radical (unpaired) electrons. The summed E-state index contributed by atoms with van der Waals surface area (Å²) in [5, 5.41) is 12.4. The van der Waals surface area contributed by atoms with Gasteiger partial charge in [0, 0.05) is 10.6 Å². The number of hydrogen-bond acceptors (Lipinski definition) is 2. The van der Waals surface area contributed by atoms with Crippen LogP contribution in [-0.2, 0) is 4.79 Å². The van der Waals surface area contributed by atoms with E-state index in [1.54, 1.807) is 18.2 Å². The Balaban J connectivity index is 2.11. The molecule has 0 saturated heterocycles. The van der Waals surface area contributed by atoms with Gasteiger partial charge in [0.1, 0.15) is 0 Å². The topological polar surface area (TPSA) is 66.4 Å². The first-order valence-corrected chi connectivity index (χ1v) is 6.60. The maximum absolute atomic E-state index is 12.2. The highest BCUT2D eigenvalue weighted by Crippen LogP contribution is 2.35. The van der Waals surface area contributed by atoms with E-state index in [-0.39, 0.29) is 12.3 Å². The van der Waals surface area contributed by atoms with Crippen LogP contribution in [0.1, 0.15) is 41.6 Å². The number of carboxylic acids is 1. The molecule has 1 fully saturated rings. The van der Waals surface area contributed by atoms with E-state index < -0.39 is 11.5 Å². The van der Waals surface area contributed by atoms with Crippen molar-refractivity contribution in [2.45, 2.75) is 38.1 Å². The quantitative estimate of drug-likeness (QED) is 0.892. The van der Waals surface area contributed by atoms with Gasteiger partial charge in [-0.1, -0.05) is 11.6 Å². The van der Waals surface area contributed by atoms with Crippen LogP contribution in [0.3, 0.4) is 0 Å². The van der Waals surface area contributed by atoms with Gasteiger partial charge < -0.3 is 10.4 Å². The molecule has 0 aromatic heterocycles. The van der Waals surface area contributed by atoms with Crippen LogP contribution in [-0.4, -0.2) is 22.5 Å². The molecule has 1 aliphatic rings. The molecule has 102 valence electrons. The van der Waals surface area contributed by atoms with Crippen molar-refractivity contribution in [3.63, 3.8) is 0 Å². The van der Waals surface area contributed by atoms with Crippen LogP contribution in [0.2, 0.25) is 5.02 Å². The lowest BCUT2D eigenvalue weighted by molar-refractivity contribution is -0.139. The van der Waals surface area contributed by atoms with Gasteiger partial charge in [-0.2, -0.15) is 0 Å². The summed E-state index contributed by atoms with van der Waals surface area (Å²) in [5.41, 5.74) is 0.768. The van der Waals surface area contributed by atoms with E-state index in [9.17, 15) is 9.59 Å². The van der Waals surface area contributed by atoms with Crippen molar-refractivity contribution in [3.05, 3.63) is 34.3 Å². The van der Waals surface area contributed by atoms with Crippen LogP contribution in [0, 0.1) is 6.92 Å². The standard InChI is InChI=1S/C14H16ClNO3/c1-9-7-10(3-4-11(9)15)13(19)16-14(5-2-6-14)8-12(17)18/h3-4,7H,2,5-6,8H2,1H3,(H,16,19)(H,17,18). The number of halogens is 1. The molecule has 0 bridgehead atoms. The van der Waals surface area contributed by atoms with Gasteiger partial charge in [0.2, 0.25) is 0 Å². The van der Waals surface area contributed by atoms with Crippen molar-refractivity contribution in [1.29, 1.82) is 0 Å². The first kappa shape index (κ1) is 13.9. The van der Waals surface area contributed by atoms with Crippen molar-refractivity contribution < 1.29 is 14.7 Å². The number of amides is 1. The fourth-order valence-electron chi connectivity index (χ4n) is 2.34. The molecule has 4 nitrogen and oxygen atoms in total. The molecule has 0 atom stereocenters. The number of rotatable bonds is 4. The summed E-state index contributed by atoms with van der Waals surface area (Å²) in [5.74, 6) is -1.12. The van der Waals surface area contributed by atoms with E-state index in [1.807, 2.05) is 6.92 Å². The highest BCUT2D eigenvalue weighted by atomic mass is 35.5. The molecule has 1 aliphatic carbocycles. The summed E-state index contributed by atoms with van der Waals surface area (Å²) in [6.07, 6.45) is 2.37. The largest absolute Gasteiger partial charge is 0.481 e. The maximum Gasteiger partial charge on any atom is 0.305 e. The van der Waals surface area contributed by atoms with Crippen molar-refractivity contribution in [2.75, 3.05) is 0 Å². The predicted octanol–water partition coefficient (Wildman–Crippen LogP) is 2.78. The number of carboxylic acid groups (broad SMARTS) is 1. The third-order valence-corrected chi connectivity index (χ3v) is 4.02. The summed E-state index contributed by atoms with van der Waals surface area (Å²) in [6, 6.07) is 5.04. The Kier molecular flexibility index (Phi) is 3.80. The van der Waals surface area contributed by atoms with Gasteiger partial charge in [-0.15, -0.1) is 0 Å². The molecule has 19 heavy (non-hydrogen) atoms. The molecular formula is C14H16ClNO3. The normalized spacial score (nSPS) is 16.5. The van der Waals surface area contributed by atoms with E-state index >= 15 is 0 Å². The van der Waals surface area contributed by atoms with Gasteiger partial charge >= 0.3 is 5.97 Å². The first-order chi connectivity index (χ1) is 8.92. The Labute approximate surface area is 116 Å². The molecule has 5 heteroatoms. The minimum Gasteiger partial charge on any atom is -0.481 e. The smallest absolute Gasteiger partial charge is 0.305 e. The Hall–Kier alpha value is -1.55. The highest BCUT2D eigenvalue weighted by Gasteiger charge is 2.40. The van der Waals surface area contributed by atoms with E-state index in [2.05, 4.69) is 5.32 Å². The van der Waals surface area contributed by atoms with Gasteiger partial charge in [0.25, 0.3) is 5.91 Å². The molecule has 1 saturated carbocycles. The molecule has 1 amide bonds. The molecule has 0 spiro atoms. The minimum atomic E-state index is -0.882. The van der Waals surface area contributed by atoms with Crippen molar-refractivity contribution in [2.24, 2.45) is 0 Å². The Morgan fingerprint density at radius 1 is 1.42 bits per heavy atom. The number of aliphatic carboxylic acids is 1. The highest BCUT2D eigenvalue weighted by molar-refractivity contribution is 6.31. The molecular weight excluding hydrogens is 266 g/mol. The molecule has 1 aromatic rings. The fourth-order valence-corrected chi connectivity index (χ4v) is 2.46. The van der Waals surface area contributed by atoms with Gasteiger partial charge in [-0.3, -0.25) is 9.59 Å². The lowest BCUT2D eigenvalue weighted by Crippen LogP contribution is -2.54. The molecule has 2 N–H and O–H groups in total. The Morgan fingerprint density at radius 3 is 2.58 bits per heavy atom. The summed E-state index contributed by atoms with van der Waals surface area (Å²) >= 11 is 5.92. The zero-order valence-corrected chi connectivity index (χ0v) is 11.5. The molecule has 1 aromatic carbocycles. The van der Waals surface area contributed by atoms with Crippen molar-refractivity contribution >= 4 is 23.5 Å². The van der Waals surface area contributed by atoms with E-state index in [1.165, 1.54) is 0 Å². The average Bonchev–Trinajstić information content (AvgIpc) is 2.29. The van der Waals surface area contributed by atoms with Gasteiger partial charge in [-0.25, -0.2) is 0 Å². The third kappa shape index (κ3) is 3.07. The minimum absolute atomic E-state index is 0.0225. The Bertz CT molecular complexity index is 523. The zero-order valence-electron chi connectivity index (χ0n) is 10.7. The first-order valence-electron chi connectivity index (χ1n) is 6.22. The monoisotopic (exact) mass is 281 g/mol. The van der Waals surface area contributed by atoms with Crippen molar-refractivity contribution in [1.82, 2.24) is 5.32 Å². The maximum atomic E-state index is 12.2. The second kappa shape index (κ2) is 5.21. The van der Waals surface area contributed by atoms with Crippen molar-refractivity contribution in [3.8, 4) is 0 Å². The molecule has 0 unspecified atom stereocenters. The second-order valence-electron chi connectivity index (χ2n) is 5.12. The van der Waals surface area contributed by atoms with Crippen LogP contribution in [0.5, 0.6) is 0 Å². The number of nitrogens with one attached hydrogen (secondary N) is 1. The summed E-state index contributed by atoms with van der Waals surface area (Å²) in [6.45, 7) is 1.83. The van der Waals surface area contributed by atoms with Crippen LogP contribution >= 0.6 is 11.6 Å². The van der Waals surface area contributed by atoms with Gasteiger partial charge in [0.05, 0.1) is 12.0 Å². The van der Waals surface area contributed by atoms with Gasteiger partial charge in [0.15, 0.2) is 0 Å². The zero-order chi connectivity index (χ0) is 14.0. The fraction of sp³-hybridized carbons (Fsp3) is 0.429. The summed E-state index contributed by atoms with van der Waals surface area (Å²) in [7, 11) is 0. The third-order valence-electron chi connectivity index (χ3n) is 3.60. The summed E-state index contributed by atoms with van der Waals surface area (Å²) in [4.78, 5) is 23.0. The number of carbonyl (C=O) groups is 2. The van der Waals surface area contributed by atoms with Crippen LogP contribution < -0.4 is 5.32 Å². The summed E-state index contributed by atoms with van der Waals surface area (Å²) < 4.78 is 0.